The fourth-order valence-corrected chi connectivity index (χ4v) is 7.27. The number of aliphatic hydroxyl groups excluding tert-OH is 1. The molecule has 1 aromatic heterocycles. The summed E-state index contributed by atoms with van der Waals surface area (Å²) in [5, 5.41) is 21.0. The van der Waals surface area contributed by atoms with Crippen LogP contribution in [0.1, 0.15) is 28.3 Å². The third kappa shape index (κ3) is 7.18. The van der Waals surface area contributed by atoms with Crippen molar-refractivity contribution in [2.45, 2.75) is 22.7 Å². The molecule has 7 nitrogen and oxygen atoms in total. The zero-order valence-electron chi connectivity index (χ0n) is 24.0. The monoisotopic (exact) mass is 685 g/mol. The third-order valence-electron chi connectivity index (χ3n) is 7.09. The Morgan fingerprint density at radius 1 is 0.957 bits per heavy atom. The highest BCUT2D eigenvalue weighted by atomic mass is 35.5. The van der Waals surface area contributed by atoms with Crippen LogP contribution in [0.3, 0.4) is 0 Å². The van der Waals surface area contributed by atoms with Gasteiger partial charge in [0.1, 0.15) is 12.4 Å². The van der Waals surface area contributed by atoms with Crippen LogP contribution in [0.15, 0.2) is 125 Å². The molecule has 46 heavy (non-hydrogen) atoms. The van der Waals surface area contributed by atoms with Crippen LogP contribution in [-0.2, 0) is 21.9 Å². The van der Waals surface area contributed by atoms with Gasteiger partial charge in [-0.1, -0.05) is 131 Å². The van der Waals surface area contributed by atoms with E-state index >= 15 is 0 Å². The summed E-state index contributed by atoms with van der Waals surface area (Å²) in [6.07, 6.45) is 3.01. The van der Waals surface area contributed by atoms with Gasteiger partial charge < -0.3 is 9.84 Å². The molecule has 4 aromatic carbocycles. The number of benzene rings is 4. The second-order valence-electron chi connectivity index (χ2n) is 10.2. The molecule has 1 amide bonds. The molecular formula is C35H25Cl2N3O4S2. The molecule has 1 unspecified atom stereocenters. The van der Waals surface area contributed by atoms with E-state index in [0.29, 0.717) is 38.1 Å². The van der Waals surface area contributed by atoms with Gasteiger partial charge in [0.25, 0.3) is 5.91 Å². The molecule has 0 bridgehead atoms. The van der Waals surface area contributed by atoms with E-state index in [1.54, 1.807) is 42.5 Å². The Hall–Kier alpha value is -4.41. The van der Waals surface area contributed by atoms with Gasteiger partial charge in [-0.05, 0) is 52.6 Å². The Bertz CT molecular complexity index is 1950. The Labute approximate surface area is 283 Å². The Kier molecular flexibility index (Phi) is 9.85. The molecular weight excluding hydrogens is 661 g/mol. The number of aliphatic hydroxyl groups is 1. The highest BCUT2D eigenvalue weighted by Gasteiger charge is 2.45. The highest BCUT2D eigenvalue weighted by molar-refractivity contribution is 8.00. The van der Waals surface area contributed by atoms with Crippen LogP contribution in [0.25, 0.3) is 6.08 Å². The highest BCUT2D eigenvalue weighted by Crippen LogP contribution is 2.44. The number of halogens is 2. The summed E-state index contributed by atoms with van der Waals surface area (Å²) in [5.41, 5.74) is 3.17. The van der Waals surface area contributed by atoms with Gasteiger partial charge in [-0.25, -0.2) is 0 Å². The molecule has 0 saturated heterocycles. The maximum atomic E-state index is 13.7. The van der Waals surface area contributed by atoms with Crippen molar-refractivity contribution in [3.8, 4) is 5.75 Å². The number of hydrogen-bond donors (Lipinski definition) is 1. The van der Waals surface area contributed by atoms with Crippen molar-refractivity contribution in [1.82, 2.24) is 10.2 Å². The molecule has 0 fully saturated rings. The summed E-state index contributed by atoms with van der Waals surface area (Å²) in [6, 6.07) is 30.5. The van der Waals surface area contributed by atoms with E-state index in [2.05, 4.69) is 10.2 Å². The van der Waals surface area contributed by atoms with E-state index in [4.69, 9.17) is 27.9 Å². The van der Waals surface area contributed by atoms with Crippen molar-refractivity contribution < 1.29 is 19.4 Å². The lowest BCUT2D eigenvalue weighted by Crippen LogP contribution is -2.30. The normalized spacial score (nSPS) is 14.8. The predicted molar refractivity (Wildman–Crippen MR) is 184 cm³/mol. The number of allylic oxidation sites excluding steroid dienone is 1. The minimum absolute atomic E-state index is 0.0604. The van der Waals surface area contributed by atoms with Crippen LogP contribution in [0.5, 0.6) is 5.75 Å². The van der Waals surface area contributed by atoms with Gasteiger partial charge in [0.2, 0.25) is 5.13 Å². The van der Waals surface area contributed by atoms with Crippen molar-refractivity contribution in [2.75, 3.05) is 4.90 Å². The van der Waals surface area contributed by atoms with Crippen molar-refractivity contribution in [3.05, 3.63) is 153 Å². The van der Waals surface area contributed by atoms with E-state index in [9.17, 15) is 14.7 Å². The standard InChI is InChI=1S/C35H25Cl2N3O4S2/c36-26-16-15-25(28(37)19-26)21-45-35-39-38-34(46-35)40-31(24-12-7-13-27(18-24)44-20-23-10-5-2-6-11-23)30(32(42)33(40)43)29(41)17-14-22-8-3-1-4-9-22/h1-19,31,42H,20-21H2. The first-order valence-corrected chi connectivity index (χ1v) is 16.6. The summed E-state index contributed by atoms with van der Waals surface area (Å²) < 4.78 is 6.63. The lowest BCUT2D eigenvalue weighted by atomic mass is 9.95. The minimum Gasteiger partial charge on any atom is -0.503 e. The number of ether oxygens (including phenoxy) is 1. The predicted octanol–water partition coefficient (Wildman–Crippen LogP) is 8.90. The number of nitrogens with zero attached hydrogens (tertiary/aromatic N) is 3. The first kappa shape index (κ1) is 31.6. The van der Waals surface area contributed by atoms with Crippen LogP contribution in [0.4, 0.5) is 5.13 Å². The van der Waals surface area contributed by atoms with Crippen LogP contribution < -0.4 is 9.64 Å². The number of hydrogen-bond acceptors (Lipinski definition) is 8. The van der Waals surface area contributed by atoms with E-state index in [1.165, 1.54) is 34.1 Å². The maximum Gasteiger partial charge on any atom is 0.296 e. The molecule has 0 aliphatic carbocycles. The van der Waals surface area contributed by atoms with Gasteiger partial charge in [-0.15, -0.1) is 10.2 Å². The zero-order valence-corrected chi connectivity index (χ0v) is 27.2. The largest absolute Gasteiger partial charge is 0.503 e. The number of anilines is 1. The first-order chi connectivity index (χ1) is 22.4. The number of carbonyl (C=O) groups is 2. The number of thioether (sulfide) groups is 1. The summed E-state index contributed by atoms with van der Waals surface area (Å²) in [4.78, 5) is 28.6. The molecule has 1 atom stereocenters. The van der Waals surface area contributed by atoms with Crippen molar-refractivity contribution in [1.29, 1.82) is 0 Å². The van der Waals surface area contributed by atoms with Crippen LogP contribution in [0.2, 0.25) is 10.0 Å². The van der Waals surface area contributed by atoms with E-state index in [0.717, 1.165) is 16.7 Å². The molecule has 6 rings (SSSR count). The van der Waals surface area contributed by atoms with Gasteiger partial charge in [-0.3, -0.25) is 14.5 Å². The molecule has 1 aliphatic rings. The van der Waals surface area contributed by atoms with Gasteiger partial charge >= 0.3 is 0 Å². The summed E-state index contributed by atoms with van der Waals surface area (Å²) in [7, 11) is 0. The van der Waals surface area contributed by atoms with Gasteiger partial charge in [0.05, 0.1) is 11.6 Å². The molecule has 11 heteroatoms. The average molecular weight is 687 g/mol. The van der Waals surface area contributed by atoms with Gasteiger partial charge in [0, 0.05) is 15.8 Å². The molecule has 230 valence electrons. The van der Waals surface area contributed by atoms with Crippen molar-refractivity contribution in [2.24, 2.45) is 0 Å². The molecule has 0 radical (unpaired) electrons. The fourth-order valence-electron chi connectivity index (χ4n) is 4.85. The smallest absolute Gasteiger partial charge is 0.296 e. The molecule has 1 aliphatic heterocycles. The molecule has 0 saturated carbocycles. The zero-order chi connectivity index (χ0) is 32.0. The van der Waals surface area contributed by atoms with Crippen LogP contribution in [-0.4, -0.2) is 27.0 Å². The number of rotatable bonds is 11. The Morgan fingerprint density at radius 3 is 2.48 bits per heavy atom. The van der Waals surface area contributed by atoms with Crippen LogP contribution >= 0.6 is 46.3 Å². The molecule has 2 heterocycles. The molecule has 1 N–H and O–H groups in total. The molecule has 0 spiro atoms. The van der Waals surface area contributed by atoms with E-state index in [1.807, 2.05) is 66.7 Å². The number of aromatic nitrogens is 2. The molecule has 5 aromatic rings. The number of carbonyl (C=O) groups excluding carboxylic acids is 2. The van der Waals surface area contributed by atoms with Gasteiger partial charge in [-0.2, -0.15) is 0 Å². The average Bonchev–Trinajstić information content (AvgIpc) is 3.65. The lowest BCUT2D eigenvalue weighted by molar-refractivity contribution is -0.117. The minimum atomic E-state index is -0.975. The van der Waals surface area contributed by atoms with Crippen molar-refractivity contribution >= 4 is 69.2 Å². The van der Waals surface area contributed by atoms with Gasteiger partial charge in [0.15, 0.2) is 15.9 Å². The van der Waals surface area contributed by atoms with Crippen LogP contribution in [0, 0.1) is 0 Å². The SMILES string of the molecule is O=C(C=Cc1ccccc1)C1=C(O)C(=O)N(c2nnc(SCc3ccc(Cl)cc3Cl)s2)C1c1cccc(OCc2ccccc2)c1. The summed E-state index contributed by atoms with van der Waals surface area (Å²) >= 11 is 14.9. The second-order valence-corrected chi connectivity index (χ2v) is 13.2. The topological polar surface area (TPSA) is 92.6 Å². The second kappa shape index (κ2) is 14.3. The summed E-state index contributed by atoms with van der Waals surface area (Å²) in [6.45, 7) is 0.332. The Balaban J connectivity index is 1.31. The summed E-state index contributed by atoms with van der Waals surface area (Å²) in [5.74, 6) is -0.846. The quantitative estimate of drug-likeness (QED) is 0.0843. The first-order valence-electron chi connectivity index (χ1n) is 14.1. The maximum absolute atomic E-state index is 13.7. The lowest BCUT2D eigenvalue weighted by Gasteiger charge is -2.24. The van der Waals surface area contributed by atoms with E-state index in [-0.39, 0.29) is 10.7 Å². The van der Waals surface area contributed by atoms with Crippen molar-refractivity contribution in [3.63, 3.8) is 0 Å². The number of amides is 1. The fraction of sp³-hybridized carbons (Fsp3) is 0.0857. The van der Waals surface area contributed by atoms with E-state index < -0.39 is 23.5 Å². The number of ketones is 1. The third-order valence-corrected chi connectivity index (χ3v) is 9.78. The Morgan fingerprint density at radius 2 is 1.72 bits per heavy atom.